The van der Waals surface area contributed by atoms with Gasteiger partial charge in [0.1, 0.15) is 12.3 Å². The summed E-state index contributed by atoms with van der Waals surface area (Å²) in [5.74, 6) is 0.493. The molecule has 1 atom stereocenters. The summed E-state index contributed by atoms with van der Waals surface area (Å²) in [5, 5.41) is 3.36. The number of rotatable bonds is 12. The highest BCUT2D eigenvalue weighted by Gasteiger charge is 2.27. The zero-order valence-electron chi connectivity index (χ0n) is 20.0. The maximum Gasteiger partial charge on any atom is 0.264 e. The highest BCUT2D eigenvalue weighted by atomic mass is 35.5. The molecule has 35 heavy (non-hydrogen) atoms. The van der Waals surface area contributed by atoms with Crippen LogP contribution in [0.1, 0.15) is 25.8 Å². The first kappa shape index (κ1) is 26.6. The van der Waals surface area contributed by atoms with E-state index in [1.165, 1.54) is 29.8 Å². The van der Waals surface area contributed by atoms with Gasteiger partial charge in [-0.05, 0) is 73.4 Å². The monoisotopic (exact) mass is 514 g/mol. The van der Waals surface area contributed by atoms with E-state index in [9.17, 15) is 13.2 Å². The molecule has 0 aliphatic heterocycles. The molecule has 8 heteroatoms. The molecule has 3 aromatic rings. The van der Waals surface area contributed by atoms with Crippen LogP contribution in [0, 0.1) is 5.92 Å². The summed E-state index contributed by atoms with van der Waals surface area (Å²) in [6.07, 6.45) is 1.73. The quantitative estimate of drug-likeness (QED) is 0.355. The fraction of sp³-hybridized carbons (Fsp3) is 0.296. The summed E-state index contributed by atoms with van der Waals surface area (Å²) in [5.41, 5.74) is 1.57. The summed E-state index contributed by atoms with van der Waals surface area (Å²) in [6.45, 7) is 4.56. The second-order valence-electron chi connectivity index (χ2n) is 8.16. The molecule has 0 aliphatic rings. The van der Waals surface area contributed by atoms with Crippen LogP contribution >= 0.6 is 11.6 Å². The predicted molar refractivity (Wildman–Crippen MR) is 141 cm³/mol. The third kappa shape index (κ3) is 7.47. The molecule has 3 rings (SSSR count). The van der Waals surface area contributed by atoms with Gasteiger partial charge in [0.05, 0.1) is 17.2 Å². The SMILES string of the molecule is CCOc1ccc(N(CC(=O)NCC(CC)Cc2ccccc2)S(=O)(=O)c2ccc(Cl)cc2)cc1. The number of hydrogen-bond donors (Lipinski definition) is 1. The molecule has 0 saturated carbocycles. The maximum atomic E-state index is 13.5. The fourth-order valence-electron chi connectivity index (χ4n) is 3.68. The van der Waals surface area contributed by atoms with Gasteiger partial charge in [-0.15, -0.1) is 0 Å². The topological polar surface area (TPSA) is 75.7 Å². The van der Waals surface area contributed by atoms with Gasteiger partial charge >= 0.3 is 0 Å². The Hall–Kier alpha value is -3.03. The Morgan fingerprint density at radius 2 is 1.63 bits per heavy atom. The second-order valence-corrected chi connectivity index (χ2v) is 10.5. The number of hydrogen-bond acceptors (Lipinski definition) is 4. The lowest BCUT2D eigenvalue weighted by Gasteiger charge is -2.25. The normalized spacial score (nSPS) is 12.1. The number of nitrogens with zero attached hydrogens (tertiary/aromatic N) is 1. The number of benzene rings is 3. The van der Waals surface area contributed by atoms with Crippen LogP contribution in [0.2, 0.25) is 5.02 Å². The van der Waals surface area contributed by atoms with Gasteiger partial charge in [-0.1, -0.05) is 55.3 Å². The van der Waals surface area contributed by atoms with Gasteiger partial charge in [-0.25, -0.2) is 8.42 Å². The summed E-state index contributed by atoms with van der Waals surface area (Å²) in [7, 11) is -4.01. The number of carbonyl (C=O) groups is 1. The fourth-order valence-corrected chi connectivity index (χ4v) is 5.22. The van der Waals surface area contributed by atoms with Crippen molar-refractivity contribution in [3.63, 3.8) is 0 Å². The van der Waals surface area contributed by atoms with Crippen LogP contribution in [-0.4, -0.2) is 34.0 Å². The average molecular weight is 515 g/mol. The van der Waals surface area contributed by atoms with Crippen LogP contribution in [0.15, 0.2) is 83.8 Å². The van der Waals surface area contributed by atoms with Crippen molar-refractivity contribution in [1.29, 1.82) is 0 Å². The maximum absolute atomic E-state index is 13.5. The average Bonchev–Trinajstić information content (AvgIpc) is 2.86. The van der Waals surface area contributed by atoms with E-state index in [-0.39, 0.29) is 23.3 Å². The van der Waals surface area contributed by atoms with Gasteiger partial charge in [0.2, 0.25) is 5.91 Å². The van der Waals surface area contributed by atoms with Crippen LogP contribution in [0.4, 0.5) is 5.69 Å². The van der Waals surface area contributed by atoms with E-state index in [4.69, 9.17) is 16.3 Å². The van der Waals surface area contributed by atoms with Gasteiger partial charge in [0.25, 0.3) is 10.0 Å². The Kier molecular flexibility index (Phi) is 9.57. The Bertz CT molecular complexity index is 1180. The van der Waals surface area contributed by atoms with Crippen molar-refractivity contribution >= 4 is 33.2 Å². The highest BCUT2D eigenvalue weighted by Crippen LogP contribution is 2.26. The molecule has 3 aromatic carbocycles. The molecule has 0 aromatic heterocycles. The molecule has 186 valence electrons. The molecule has 0 spiro atoms. The van der Waals surface area contributed by atoms with Gasteiger partial charge in [-0.2, -0.15) is 0 Å². The van der Waals surface area contributed by atoms with Crippen molar-refractivity contribution in [3.05, 3.63) is 89.4 Å². The third-order valence-corrected chi connectivity index (χ3v) is 7.70. The molecule has 0 heterocycles. The molecular weight excluding hydrogens is 484 g/mol. The Morgan fingerprint density at radius 3 is 2.23 bits per heavy atom. The van der Waals surface area contributed by atoms with Crippen LogP contribution in [0.3, 0.4) is 0 Å². The Morgan fingerprint density at radius 1 is 0.971 bits per heavy atom. The molecule has 0 fully saturated rings. The summed E-state index contributed by atoms with van der Waals surface area (Å²) >= 11 is 5.95. The number of ether oxygens (including phenoxy) is 1. The smallest absolute Gasteiger partial charge is 0.264 e. The lowest BCUT2D eigenvalue weighted by molar-refractivity contribution is -0.119. The molecule has 1 N–H and O–H groups in total. The summed E-state index contributed by atoms with van der Waals surface area (Å²) < 4.78 is 33.6. The van der Waals surface area contributed by atoms with Crippen molar-refractivity contribution in [2.24, 2.45) is 5.92 Å². The van der Waals surface area contributed by atoms with Gasteiger partial charge < -0.3 is 10.1 Å². The minimum absolute atomic E-state index is 0.0547. The first-order valence-corrected chi connectivity index (χ1v) is 13.5. The van der Waals surface area contributed by atoms with Crippen LogP contribution in [-0.2, 0) is 21.2 Å². The van der Waals surface area contributed by atoms with E-state index < -0.39 is 10.0 Å². The number of nitrogens with one attached hydrogen (secondary N) is 1. The van der Waals surface area contributed by atoms with Gasteiger partial charge in [0, 0.05) is 11.6 Å². The molecule has 0 radical (unpaired) electrons. The van der Waals surface area contributed by atoms with Gasteiger partial charge in [0.15, 0.2) is 0 Å². The lowest BCUT2D eigenvalue weighted by Crippen LogP contribution is -2.42. The van der Waals surface area contributed by atoms with Crippen molar-refractivity contribution in [1.82, 2.24) is 5.32 Å². The number of amides is 1. The Labute approximate surface area is 212 Å². The summed E-state index contributed by atoms with van der Waals surface area (Å²) in [4.78, 5) is 13.0. The van der Waals surface area contributed by atoms with E-state index >= 15 is 0 Å². The second kappa shape index (κ2) is 12.6. The van der Waals surface area contributed by atoms with E-state index in [1.54, 1.807) is 24.3 Å². The van der Waals surface area contributed by atoms with E-state index in [0.717, 1.165) is 17.1 Å². The van der Waals surface area contributed by atoms with E-state index in [2.05, 4.69) is 24.4 Å². The molecule has 0 saturated heterocycles. The summed E-state index contributed by atoms with van der Waals surface area (Å²) in [6, 6.07) is 22.6. The standard InChI is InChI=1S/C27H31ClN2O4S/c1-3-21(18-22-8-6-5-7-9-22)19-29-27(31)20-30(24-12-14-25(15-13-24)34-4-2)35(32,33)26-16-10-23(28)11-17-26/h5-17,21H,3-4,18-20H2,1-2H3,(H,29,31). The van der Waals surface area contributed by atoms with Gasteiger partial charge in [-0.3, -0.25) is 9.10 Å². The number of halogens is 1. The minimum atomic E-state index is -4.01. The number of carbonyl (C=O) groups excluding carboxylic acids is 1. The largest absolute Gasteiger partial charge is 0.494 e. The molecule has 0 bridgehead atoms. The molecule has 1 amide bonds. The lowest BCUT2D eigenvalue weighted by atomic mass is 9.97. The number of sulfonamides is 1. The first-order chi connectivity index (χ1) is 16.8. The van der Waals surface area contributed by atoms with Crippen molar-refractivity contribution in [3.8, 4) is 5.75 Å². The minimum Gasteiger partial charge on any atom is -0.494 e. The van der Waals surface area contributed by atoms with Crippen molar-refractivity contribution in [2.75, 3.05) is 24.0 Å². The van der Waals surface area contributed by atoms with E-state index in [1.807, 2.05) is 25.1 Å². The van der Waals surface area contributed by atoms with Crippen LogP contribution < -0.4 is 14.4 Å². The van der Waals surface area contributed by atoms with Crippen molar-refractivity contribution in [2.45, 2.75) is 31.6 Å². The van der Waals surface area contributed by atoms with Crippen LogP contribution in [0.25, 0.3) is 0 Å². The van der Waals surface area contributed by atoms with Crippen LogP contribution in [0.5, 0.6) is 5.75 Å². The zero-order valence-corrected chi connectivity index (χ0v) is 21.6. The van der Waals surface area contributed by atoms with E-state index in [0.29, 0.717) is 29.6 Å². The zero-order chi connectivity index (χ0) is 25.3. The first-order valence-electron chi connectivity index (χ1n) is 11.6. The molecular formula is C27H31ClN2O4S. The molecule has 6 nitrogen and oxygen atoms in total. The van der Waals surface area contributed by atoms with Crippen molar-refractivity contribution < 1.29 is 17.9 Å². The molecule has 1 unspecified atom stereocenters. The third-order valence-electron chi connectivity index (χ3n) is 5.66. The Balaban J connectivity index is 1.78. The predicted octanol–water partition coefficient (Wildman–Crippen LogP) is 5.32. The number of anilines is 1. The highest BCUT2D eigenvalue weighted by molar-refractivity contribution is 7.92. The molecule has 0 aliphatic carbocycles.